The van der Waals surface area contributed by atoms with Crippen LogP contribution in [0.4, 0.5) is 0 Å². The number of hydrogen-bond acceptors (Lipinski definition) is 3. The van der Waals surface area contributed by atoms with E-state index < -0.39 is 5.97 Å². The lowest BCUT2D eigenvalue weighted by Crippen LogP contribution is -1.94. The van der Waals surface area contributed by atoms with Gasteiger partial charge in [0.05, 0.1) is 0 Å². The van der Waals surface area contributed by atoms with E-state index in [0.717, 1.165) is 12.8 Å². The Morgan fingerprint density at radius 2 is 1.88 bits per heavy atom. The summed E-state index contributed by atoms with van der Waals surface area (Å²) in [6.45, 7) is 0. The number of benzene rings is 1. The van der Waals surface area contributed by atoms with Crippen LogP contribution in [0.3, 0.4) is 0 Å². The number of rotatable bonds is 6. The molecular formula is C12H16O4. The van der Waals surface area contributed by atoms with E-state index in [1.165, 1.54) is 6.07 Å². The Kier molecular flexibility index (Phi) is 4.64. The van der Waals surface area contributed by atoms with Crippen LogP contribution in [0.25, 0.3) is 0 Å². The molecule has 0 fully saturated rings. The number of carboxylic acids is 1. The smallest absolute Gasteiger partial charge is 0.303 e. The molecule has 0 atom stereocenters. The molecule has 88 valence electrons. The van der Waals surface area contributed by atoms with Gasteiger partial charge in [-0.15, -0.1) is 0 Å². The van der Waals surface area contributed by atoms with Crippen LogP contribution in [0.15, 0.2) is 18.2 Å². The zero-order valence-electron chi connectivity index (χ0n) is 9.02. The average molecular weight is 224 g/mol. The zero-order valence-corrected chi connectivity index (χ0v) is 9.02. The third-order valence-electron chi connectivity index (χ3n) is 2.44. The number of carboxylic acid groups (broad SMARTS) is 1. The Morgan fingerprint density at radius 3 is 2.56 bits per heavy atom. The van der Waals surface area contributed by atoms with Gasteiger partial charge in [0.1, 0.15) is 0 Å². The van der Waals surface area contributed by atoms with Crippen LogP contribution in [0, 0.1) is 0 Å². The van der Waals surface area contributed by atoms with Crippen molar-refractivity contribution in [3.05, 3.63) is 23.8 Å². The van der Waals surface area contributed by atoms with Gasteiger partial charge in [0.2, 0.25) is 0 Å². The summed E-state index contributed by atoms with van der Waals surface area (Å²) in [5, 5.41) is 27.2. The molecule has 1 aromatic carbocycles. The van der Waals surface area contributed by atoms with E-state index in [9.17, 15) is 15.0 Å². The predicted molar refractivity (Wildman–Crippen MR) is 59.6 cm³/mol. The number of aliphatic carboxylic acids is 1. The summed E-state index contributed by atoms with van der Waals surface area (Å²) in [6, 6.07) is 4.87. The molecule has 0 saturated carbocycles. The van der Waals surface area contributed by atoms with Crippen LogP contribution in [-0.4, -0.2) is 21.3 Å². The molecule has 4 heteroatoms. The van der Waals surface area contributed by atoms with Crippen molar-refractivity contribution in [2.75, 3.05) is 0 Å². The Balaban J connectivity index is 2.32. The first-order chi connectivity index (χ1) is 7.61. The standard InChI is InChI=1S/C12H16O4/c13-10-7-4-6-9(12(10)16)5-2-1-3-8-11(14)15/h4,6-7,13,16H,1-3,5,8H2,(H,14,15). The van der Waals surface area contributed by atoms with Crippen molar-refractivity contribution in [3.63, 3.8) is 0 Å². The van der Waals surface area contributed by atoms with Gasteiger partial charge in [0, 0.05) is 6.42 Å². The largest absolute Gasteiger partial charge is 0.504 e. The SMILES string of the molecule is O=C(O)CCCCCc1cccc(O)c1O. The molecule has 1 rings (SSSR count). The zero-order chi connectivity index (χ0) is 12.0. The Morgan fingerprint density at radius 1 is 1.12 bits per heavy atom. The molecule has 0 amide bonds. The van der Waals surface area contributed by atoms with Gasteiger partial charge in [0.15, 0.2) is 11.5 Å². The molecule has 0 heterocycles. The molecule has 0 aromatic heterocycles. The minimum absolute atomic E-state index is 0.0688. The van der Waals surface area contributed by atoms with Gasteiger partial charge in [-0.2, -0.15) is 0 Å². The summed E-state index contributed by atoms with van der Waals surface area (Å²) in [6.07, 6.45) is 3.10. The van der Waals surface area contributed by atoms with Crippen LogP contribution in [0.5, 0.6) is 11.5 Å². The first-order valence-electron chi connectivity index (χ1n) is 5.33. The second-order valence-corrected chi connectivity index (χ2v) is 3.74. The predicted octanol–water partition coefficient (Wildman–Crippen LogP) is 2.29. The van der Waals surface area contributed by atoms with E-state index in [1.807, 2.05) is 0 Å². The van der Waals surface area contributed by atoms with Gasteiger partial charge >= 0.3 is 5.97 Å². The number of unbranched alkanes of at least 4 members (excludes halogenated alkanes) is 2. The first-order valence-corrected chi connectivity index (χ1v) is 5.33. The molecule has 0 aliphatic carbocycles. The number of hydrogen-bond donors (Lipinski definition) is 3. The highest BCUT2D eigenvalue weighted by Gasteiger charge is 2.05. The molecule has 0 unspecified atom stereocenters. The highest BCUT2D eigenvalue weighted by molar-refractivity contribution is 5.66. The Labute approximate surface area is 94.2 Å². The lowest BCUT2D eigenvalue weighted by atomic mass is 10.0. The lowest BCUT2D eigenvalue weighted by Gasteiger charge is -2.05. The van der Waals surface area contributed by atoms with Crippen LogP contribution in [0.1, 0.15) is 31.2 Å². The minimum atomic E-state index is -0.778. The summed E-state index contributed by atoms with van der Waals surface area (Å²) in [5.41, 5.74) is 0.704. The number of aromatic hydroxyl groups is 2. The molecule has 0 aliphatic heterocycles. The molecule has 1 aromatic rings. The molecule has 0 radical (unpaired) electrons. The van der Waals surface area contributed by atoms with Gasteiger partial charge in [0.25, 0.3) is 0 Å². The molecule has 0 aliphatic rings. The molecule has 16 heavy (non-hydrogen) atoms. The molecule has 0 bridgehead atoms. The van der Waals surface area contributed by atoms with Crippen molar-refractivity contribution in [2.45, 2.75) is 32.1 Å². The summed E-state index contributed by atoms with van der Waals surface area (Å²) in [7, 11) is 0. The van der Waals surface area contributed by atoms with E-state index in [-0.39, 0.29) is 17.9 Å². The first kappa shape index (κ1) is 12.4. The molecule has 3 N–H and O–H groups in total. The summed E-state index contributed by atoms with van der Waals surface area (Å²) in [4.78, 5) is 10.3. The number of phenolic OH excluding ortho intramolecular Hbond substituents is 2. The van der Waals surface area contributed by atoms with E-state index in [1.54, 1.807) is 12.1 Å². The van der Waals surface area contributed by atoms with Crippen molar-refractivity contribution in [3.8, 4) is 11.5 Å². The van der Waals surface area contributed by atoms with E-state index in [0.29, 0.717) is 18.4 Å². The maximum Gasteiger partial charge on any atom is 0.303 e. The third kappa shape index (κ3) is 3.81. The van der Waals surface area contributed by atoms with Gasteiger partial charge in [-0.25, -0.2) is 0 Å². The van der Waals surface area contributed by atoms with Crippen molar-refractivity contribution >= 4 is 5.97 Å². The third-order valence-corrected chi connectivity index (χ3v) is 2.44. The van der Waals surface area contributed by atoms with Crippen molar-refractivity contribution in [1.29, 1.82) is 0 Å². The van der Waals surface area contributed by atoms with Gasteiger partial charge in [-0.1, -0.05) is 18.6 Å². The second-order valence-electron chi connectivity index (χ2n) is 3.74. The topological polar surface area (TPSA) is 77.8 Å². The van der Waals surface area contributed by atoms with E-state index >= 15 is 0 Å². The lowest BCUT2D eigenvalue weighted by molar-refractivity contribution is -0.137. The highest BCUT2D eigenvalue weighted by atomic mass is 16.4. The Hall–Kier alpha value is -1.71. The monoisotopic (exact) mass is 224 g/mol. The van der Waals surface area contributed by atoms with Crippen molar-refractivity contribution in [1.82, 2.24) is 0 Å². The maximum absolute atomic E-state index is 10.3. The summed E-state index contributed by atoms with van der Waals surface area (Å²) >= 11 is 0. The van der Waals surface area contributed by atoms with Crippen LogP contribution in [-0.2, 0) is 11.2 Å². The van der Waals surface area contributed by atoms with Gasteiger partial charge in [-0.05, 0) is 30.9 Å². The molecular weight excluding hydrogens is 208 g/mol. The number of carbonyl (C=O) groups is 1. The van der Waals surface area contributed by atoms with Crippen LogP contribution >= 0.6 is 0 Å². The van der Waals surface area contributed by atoms with Crippen molar-refractivity contribution < 1.29 is 20.1 Å². The number of phenols is 2. The normalized spacial score (nSPS) is 10.2. The average Bonchev–Trinajstić information content (AvgIpc) is 2.23. The summed E-state index contributed by atoms with van der Waals surface area (Å²) < 4.78 is 0. The molecule has 4 nitrogen and oxygen atoms in total. The van der Waals surface area contributed by atoms with E-state index in [4.69, 9.17) is 5.11 Å². The maximum atomic E-state index is 10.3. The van der Waals surface area contributed by atoms with Crippen LogP contribution < -0.4 is 0 Å². The fourth-order valence-corrected chi connectivity index (χ4v) is 1.55. The quantitative estimate of drug-likeness (QED) is 0.511. The Bertz CT molecular complexity index is 360. The van der Waals surface area contributed by atoms with Crippen LogP contribution in [0.2, 0.25) is 0 Å². The van der Waals surface area contributed by atoms with E-state index in [2.05, 4.69) is 0 Å². The highest BCUT2D eigenvalue weighted by Crippen LogP contribution is 2.29. The van der Waals surface area contributed by atoms with Gasteiger partial charge < -0.3 is 15.3 Å². The summed E-state index contributed by atoms with van der Waals surface area (Å²) in [5.74, 6) is -0.955. The van der Waals surface area contributed by atoms with Crippen molar-refractivity contribution in [2.24, 2.45) is 0 Å². The second kappa shape index (κ2) is 6.00. The van der Waals surface area contributed by atoms with Gasteiger partial charge in [-0.3, -0.25) is 4.79 Å². The number of aryl methyl sites for hydroxylation is 1. The molecule has 0 spiro atoms. The molecule has 0 saturated heterocycles. The number of para-hydroxylation sites is 1. The fraction of sp³-hybridized carbons (Fsp3) is 0.417. The fourth-order valence-electron chi connectivity index (χ4n) is 1.55. The minimum Gasteiger partial charge on any atom is -0.504 e.